The van der Waals surface area contributed by atoms with Crippen LogP contribution in [0.5, 0.6) is 11.5 Å². The van der Waals surface area contributed by atoms with Crippen LogP contribution in [-0.2, 0) is 19.3 Å². The fourth-order valence-corrected chi connectivity index (χ4v) is 6.71. The summed E-state index contributed by atoms with van der Waals surface area (Å²) >= 11 is 1.87. The normalized spacial score (nSPS) is 18.0. The highest BCUT2D eigenvalue weighted by molar-refractivity contribution is 7.19. The Labute approximate surface area is 217 Å². The topological polar surface area (TPSA) is 67.8 Å². The first kappa shape index (κ1) is 24.8. The van der Waals surface area contributed by atoms with Gasteiger partial charge in [-0.25, -0.2) is 9.97 Å². The number of benzene rings is 1. The number of carbonyl (C=O) groups is 1. The third-order valence-electron chi connectivity index (χ3n) is 7.28. The van der Waals surface area contributed by atoms with Gasteiger partial charge in [-0.15, -0.1) is 11.3 Å². The molecule has 1 amide bonds. The van der Waals surface area contributed by atoms with Gasteiger partial charge in [0.05, 0.1) is 25.2 Å². The highest BCUT2D eigenvalue weighted by Gasteiger charge is 2.29. The molecule has 0 bridgehead atoms. The van der Waals surface area contributed by atoms with E-state index in [1.54, 1.807) is 32.4 Å². The smallest absolute Gasteiger partial charge is 0.257 e. The third kappa shape index (κ3) is 4.75. The first-order valence-corrected chi connectivity index (χ1v) is 13.8. The third-order valence-corrected chi connectivity index (χ3v) is 8.43. The zero-order chi connectivity index (χ0) is 25.4. The minimum absolute atomic E-state index is 0.00983. The molecule has 8 heteroatoms. The van der Waals surface area contributed by atoms with E-state index < -0.39 is 0 Å². The quantitative estimate of drug-likeness (QED) is 0.467. The molecule has 1 atom stereocenters. The summed E-state index contributed by atoms with van der Waals surface area (Å²) in [6, 6.07) is 5.36. The van der Waals surface area contributed by atoms with Crippen molar-refractivity contribution < 1.29 is 14.3 Å². The molecule has 1 aromatic carbocycles. The molecule has 3 heterocycles. The average molecular weight is 509 g/mol. The van der Waals surface area contributed by atoms with Gasteiger partial charge in [0, 0.05) is 43.5 Å². The predicted octanol–water partition coefficient (Wildman–Crippen LogP) is 4.99. The molecule has 1 aliphatic heterocycles. The van der Waals surface area contributed by atoms with Gasteiger partial charge in [-0.3, -0.25) is 4.79 Å². The van der Waals surface area contributed by atoms with E-state index in [9.17, 15) is 4.79 Å². The number of rotatable bonds is 6. The molecular formula is C28H36N4O3S. The Bertz CT molecular complexity index is 1260. The SMILES string of the molecule is COc1ccc(C(=O)N2CCN(c3nc(CC(C)C)nc4sc5c(c34)CCC(C)C5)CC2)c(OC)c1. The second kappa shape index (κ2) is 10.2. The molecule has 1 saturated heterocycles. The monoisotopic (exact) mass is 508 g/mol. The van der Waals surface area contributed by atoms with Crippen molar-refractivity contribution in [3.8, 4) is 11.5 Å². The molecule has 1 unspecified atom stereocenters. The molecule has 0 N–H and O–H groups in total. The summed E-state index contributed by atoms with van der Waals surface area (Å²) in [5.41, 5.74) is 2.03. The summed E-state index contributed by atoms with van der Waals surface area (Å²) in [4.78, 5) is 30.4. The maximum Gasteiger partial charge on any atom is 0.257 e. The van der Waals surface area contributed by atoms with Gasteiger partial charge in [-0.2, -0.15) is 0 Å². The lowest BCUT2D eigenvalue weighted by Gasteiger charge is -2.36. The van der Waals surface area contributed by atoms with E-state index in [0.29, 0.717) is 36.1 Å². The van der Waals surface area contributed by atoms with E-state index in [4.69, 9.17) is 19.4 Å². The number of thiophene rings is 1. The minimum Gasteiger partial charge on any atom is -0.497 e. The van der Waals surface area contributed by atoms with Crippen molar-refractivity contribution in [1.82, 2.24) is 14.9 Å². The van der Waals surface area contributed by atoms with Gasteiger partial charge in [0.1, 0.15) is 28.0 Å². The van der Waals surface area contributed by atoms with Crippen molar-refractivity contribution in [1.29, 1.82) is 0 Å². The van der Waals surface area contributed by atoms with Crippen LogP contribution in [-0.4, -0.2) is 61.2 Å². The van der Waals surface area contributed by atoms with E-state index >= 15 is 0 Å². The van der Waals surface area contributed by atoms with Gasteiger partial charge < -0.3 is 19.3 Å². The maximum atomic E-state index is 13.4. The van der Waals surface area contributed by atoms with Crippen LogP contribution in [0.1, 0.15) is 53.8 Å². The number of piperazine rings is 1. The molecule has 192 valence electrons. The van der Waals surface area contributed by atoms with E-state index in [-0.39, 0.29) is 5.91 Å². The first-order chi connectivity index (χ1) is 17.4. The second-order valence-electron chi connectivity index (χ2n) is 10.4. The minimum atomic E-state index is -0.00983. The lowest BCUT2D eigenvalue weighted by Crippen LogP contribution is -2.49. The number of hydrogen-bond donors (Lipinski definition) is 0. The molecular weight excluding hydrogens is 472 g/mol. The van der Waals surface area contributed by atoms with E-state index in [2.05, 4.69) is 25.7 Å². The molecule has 0 radical (unpaired) electrons. The zero-order valence-corrected chi connectivity index (χ0v) is 22.8. The van der Waals surface area contributed by atoms with Gasteiger partial charge in [-0.1, -0.05) is 20.8 Å². The van der Waals surface area contributed by atoms with Gasteiger partial charge in [0.15, 0.2) is 0 Å². The highest BCUT2D eigenvalue weighted by Crippen LogP contribution is 2.41. The molecule has 7 nitrogen and oxygen atoms in total. The number of fused-ring (bicyclic) bond motifs is 3. The van der Waals surface area contributed by atoms with Gasteiger partial charge in [0.25, 0.3) is 5.91 Å². The summed E-state index contributed by atoms with van der Waals surface area (Å²) in [7, 11) is 3.19. The Kier molecular flexibility index (Phi) is 7.06. The number of aryl methyl sites for hydroxylation is 1. The van der Waals surface area contributed by atoms with E-state index in [1.165, 1.54) is 22.2 Å². The number of ether oxygens (including phenoxy) is 2. The largest absolute Gasteiger partial charge is 0.497 e. The van der Waals surface area contributed by atoms with Gasteiger partial charge in [0.2, 0.25) is 0 Å². The van der Waals surface area contributed by atoms with Crippen LogP contribution in [0.25, 0.3) is 10.2 Å². The van der Waals surface area contributed by atoms with Crippen molar-refractivity contribution in [3.63, 3.8) is 0 Å². The number of nitrogens with zero attached hydrogens (tertiary/aromatic N) is 4. The molecule has 2 aromatic heterocycles. The fourth-order valence-electron chi connectivity index (χ4n) is 5.32. The molecule has 0 spiro atoms. The highest BCUT2D eigenvalue weighted by atomic mass is 32.1. The lowest BCUT2D eigenvalue weighted by atomic mass is 9.89. The molecule has 36 heavy (non-hydrogen) atoms. The zero-order valence-electron chi connectivity index (χ0n) is 22.0. The second-order valence-corrected chi connectivity index (χ2v) is 11.5. The number of methoxy groups -OCH3 is 2. The van der Waals surface area contributed by atoms with Crippen molar-refractivity contribution >= 4 is 33.3 Å². The van der Waals surface area contributed by atoms with Crippen molar-refractivity contribution in [2.45, 2.75) is 46.5 Å². The van der Waals surface area contributed by atoms with Gasteiger partial charge in [-0.05, 0) is 48.8 Å². The van der Waals surface area contributed by atoms with Crippen LogP contribution in [0.3, 0.4) is 0 Å². The summed E-state index contributed by atoms with van der Waals surface area (Å²) in [6.45, 7) is 9.55. The van der Waals surface area contributed by atoms with Gasteiger partial charge >= 0.3 is 0 Å². The van der Waals surface area contributed by atoms with Crippen molar-refractivity contribution in [2.75, 3.05) is 45.3 Å². The van der Waals surface area contributed by atoms with Crippen molar-refractivity contribution in [2.24, 2.45) is 11.8 Å². The standard InChI is InChI=1S/C28H36N4O3S/c1-17(2)14-24-29-26(25-21-8-6-18(3)15-23(21)36-27(25)30-24)31-10-12-32(13-11-31)28(33)20-9-7-19(34-4)16-22(20)35-5/h7,9,16-18H,6,8,10-15H2,1-5H3. The number of aromatic nitrogens is 2. The predicted molar refractivity (Wildman–Crippen MR) is 145 cm³/mol. The van der Waals surface area contributed by atoms with E-state index in [1.807, 2.05) is 16.2 Å². The molecule has 1 fully saturated rings. The number of hydrogen-bond acceptors (Lipinski definition) is 7. The average Bonchev–Trinajstić information content (AvgIpc) is 3.24. The van der Waals surface area contributed by atoms with Crippen LogP contribution in [0, 0.1) is 11.8 Å². The Morgan fingerprint density at radius 3 is 2.61 bits per heavy atom. The molecule has 2 aliphatic rings. The van der Waals surface area contributed by atoms with Crippen molar-refractivity contribution in [3.05, 3.63) is 40.0 Å². The summed E-state index contributed by atoms with van der Waals surface area (Å²) in [6.07, 6.45) is 4.34. The molecule has 3 aromatic rings. The number of amides is 1. The Balaban J connectivity index is 1.41. The summed E-state index contributed by atoms with van der Waals surface area (Å²) in [5, 5.41) is 1.26. The van der Waals surface area contributed by atoms with E-state index in [0.717, 1.165) is 54.7 Å². The first-order valence-electron chi connectivity index (χ1n) is 12.9. The van der Waals surface area contributed by atoms with Crippen LogP contribution in [0.4, 0.5) is 5.82 Å². The Hall–Kier alpha value is -2.87. The summed E-state index contributed by atoms with van der Waals surface area (Å²) in [5.74, 6) is 4.42. The van der Waals surface area contributed by atoms with Crippen LogP contribution in [0.15, 0.2) is 18.2 Å². The molecule has 5 rings (SSSR count). The maximum absolute atomic E-state index is 13.4. The molecule has 1 aliphatic carbocycles. The van der Waals surface area contributed by atoms with Crippen LogP contribution < -0.4 is 14.4 Å². The Morgan fingerprint density at radius 2 is 1.92 bits per heavy atom. The Morgan fingerprint density at radius 1 is 1.14 bits per heavy atom. The lowest BCUT2D eigenvalue weighted by molar-refractivity contribution is 0.0743. The number of carbonyl (C=O) groups excluding carboxylic acids is 1. The van der Waals surface area contributed by atoms with Crippen LogP contribution in [0.2, 0.25) is 0 Å². The summed E-state index contributed by atoms with van der Waals surface area (Å²) < 4.78 is 10.8. The van der Waals surface area contributed by atoms with Crippen LogP contribution >= 0.6 is 11.3 Å². The fraction of sp³-hybridized carbons (Fsp3) is 0.536. The molecule has 0 saturated carbocycles. The number of anilines is 1.